The first-order valence-electron chi connectivity index (χ1n) is 5.47. The maximum absolute atomic E-state index is 10.6. The minimum atomic E-state index is 0.393. The number of nitrogens with two attached hydrogens (primary N) is 1. The van der Waals surface area contributed by atoms with Gasteiger partial charge in [-0.15, -0.1) is 0 Å². The van der Waals surface area contributed by atoms with Crippen LogP contribution in [0.2, 0.25) is 0 Å². The lowest BCUT2D eigenvalue weighted by atomic mass is 9.93. The molecule has 1 aliphatic rings. The van der Waals surface area contributed by atoms with Crippen LogP contribution in [-0.4, -0.2) is 31.1 Å². The molecule has 0 aliphatic carbocycles. The topological polar surface area (TPSA) is 58.7 Å². The third kappa shape index (κ3) is 3.53. The van der Waals surface area contributed by atoms with E-state index in [1.54, 1.807) is 4.90 Å². The maximum atomic E-state index is 10.6. The number of carbonyl (C=O) groups is 1. The number of hydrogen-bond acceptors (Lipinski definition) is 3. The van der Waals surface area contributed by atoms with Crippen molar-refractivity contribution >= 4 is 13.1 Å². The van der Waals surface area contributed by atoms with Crippen molar-refractivity contribution in [3.05, 3.63) is 23.5 Å². The molecule has 0 aromatic carbocycles. The summed E-state index contributed by atoms with van der Waals surface area (Å²) in [6, 6.07) is 0. The number of allylic oxidation sites excluding steroid dienone is 4. The number of rotatable bonds is 4. The van der Waals surface area contributed by atoms with Crippen LogP contribution < -0.4 is 5.73 Å². The highest BCUT2D eigenvalue weighted by molar-refractivity contribution is 5.47. The molecular formula is C12H19N3O. The molecule has 4 nitrogen and oxygen atoms in total. The molecule has 2 N–H and O–H groups in total. The number of piperidine rings is 1. The second kappa shape index (κ2) is 6.10. The van der Waals surface area contributed by atoms with Gasteiger partial charge in [-0.25, -0.2) is 0 Å². The molecule has 0 unspecified atom stereocenters. The fraction of sp³-hybridized carbons (Fsp3) is 0.500. The lowest BCUT2D eigenvalue weighted by molar-refractivity contribution is -0.119. The van der Waals surface area contributed by atoms with Crippen molar-refractivity contribution in [2.24, 2.45) is 16.6 Å². The van der Waals surface area contributed by atoms with Gasteiger partial charge < -0.3 is 10.6 Å². The highest BCUT2D eigenvalue weighted by atomic mass is 16.1. The lowest BCUT2D eigenvalue weighted by Crippen LogP contribution is -2.32. The van der Waals surface area contributed by atoms with E-state index in [1.807, 2.05) is 19.1 Å². The molecular weight excluding hydrogens is 202 g/mol. The number of amides is 1. The Morgan fingerprint density at radius 3 is 2.50 bits per heavy atom. The van der Waals surface area contributed by atoms with Gasteiger partial charge in [0.05, 0.1) is 0 Å². The summed E-state index contributed by atoms with van der Waals surface area (Å²) in [7, 11) is 0. The molecule has 0 radical (unpaired) electrons. The van der Waals surface area contributed by atoms with Crippen molar-refractivity contribution < 1.29 is 4.79 Å². The summed E-state index contributed by atoms with van der Waals surface area (Å²) in [5.74, 6) is 0.393. The molecule has 1 heterocycles. The monoisotopic (exact) mass is 221 g/mol. The summed E-state index contributed by atoms with van der Waals surface area (Å²) in [4.78, 5) is 16.4. The molecule has 1 fully saturated rings. The molecule has 0 spiro atoms. The Morgan fingerprint density at radius 2 is 2.06 bits per heavy atom. The fourth-order valence-electron chi connectivity index (χ4n) is 1.84. The maximum Gasteiger partial charge on any atom is 0.209 e. The molecule has 1 rings (SSSR count). The van der Waals surface area contributed by atoms with Gasteiger partial charge in [0.25, 0.3) is 0 Å². The largest absolute Gasteiger partial charge is 0.402 e. The Morgan fingerprint density at radius 1 is 1.44 bits per heavy atom. The Balaban J connectivity index is 2.62. The van der Waals surface area contributed by atoms with Gasteiger partial charge in [-0.1, -0.05) is 0 Å². The smallest absolute Gasteiger partial charge is 0.209 e. The van der Waals surface area contributed by atoms with Crippen LogP contribution in [0.1, 0.15) is 19.8 Å². The van der Waals surface area contributed by atoms with Crippen LogP contribution in [-0.2, 0) is 4.79 Å². The standard InChI is InChI=1S/C12H19N3O/c1-10(13)3-4-12(14-2)11-5-7-15(9-16)8-6-11/h3-4,9,11H,2,5-8,13H2,1H3/b10-3+,12-4-. The van der Waals surface area contributed by atoms with Crippen molar-refractivity contribution in [2.45, 2.75) is 19.8 Å². The second-order valence-corrected chi connectivity index (χ2v) is 4.08. The van der Waals surface area contributed by atoms with Crippen LogP contribution in [0.3, 0.4) is 0 Å². The summed E-state index contributed by atoms with van der Waals surface area (Å²) in [6.07, 6.45) is 6.56. The predicted octanol–water partition coefficient (Wildman–Crippen LogP) is 1.30. The SMILES string of the molecule is C=N/C(=C\C=C(/C)N)C1CCN(C=O)CC1. The summed E-state index contributed by atoms with van der Waals surface area (Å²) in [6.45, 7) is 7.02. The molecule has 0 aromatic rings. The van der Waals surface area contributed by atoms with E-state index in [9.17, 15) is 4.79 Å². The van der Waals surface area contributed by atoms with Gasteiger partial charge in [0.15, 0.2) is 0 Å². The van der Waals surface area contributed by atoms with E-state index >= 15 is 0 Å². The molecule has 1 amide bonds. The summed E-state index contributed by atoms with van der Waals surface area (Å²) in [5, 5.41) is 0. The van der Waals surface area contributed by atoms with E-state index in [4.69, 9.17) is 5.73 Å². The van der Waals surface area contributed by atoms with Crippen molar-refractivity contribution in [2.75, 3.05) is 13.1 Å². The van der Waals surface area contributed by atoms with Crippen LogP contribution in [0.15, 0.2) is 28.5 Å². The molecule has 0 aromatic heterocycles. The Hall–Kier alpha value is -1.58. The van der Waals surface area contributed by atoms with Gasteiger partial charge in [-0.2, -0.15) is 0 Å². The van der Waals surface area contributed by atoms with Gasteiger partial charge in [-0.05, 0) is 38.6 Å². The van der Waals surface area contributed by atoms with Crippen molar-refractivity contribution in [1.82, 2.24) is 4.90 Å². The summed E-state index contributed by atoms with van der Waals surface area (Å²) < 4.78 is 0. The zero-order chi connectivity index (χ0) is 12.0. The minimum Gasteiger partial charge on any atom is -0.402 e. The van der Waals surface area contributed by atoms with E-state index in [0.717, 1.165) is 43.7 Å². The normalized spacial score (nSPS) is 19.7. The molecule has 0 bridgehead atoms. The lowest BCUT2D eigenvalue weighted by Gasteiger charge is -2.29. The van der Waals surface area contributed by atoms with Crippen molar-refractivity contribution in [1.29, 1.82) is 0 Å². The zero-order valence-corrected chi connectivity index (χ0v) is 9.72. The van der Waals surface area contributed by atoms with Crippen LogP contribution in [0.4, 0.5) is 0 Å². The van der Waals surface area contributed by atoms with E-state index < -0.39 is 0 Å². The molecule has 0 saturated carbocycles. The second-order valence-electron chi connectivity index (χ2n) is 4.08. The number of carbonyl (C=O) groups excluding carboxylic acids is 1. The highest BCUT2D eigenvalue weighted by Gasteiger charge is 2.20. The van der Waals surface area contributed by atoms with Crippen LogP contribution in [0.25, 0.3) is 0 Å². The Kier molecular flexibility index (Phi) is 4.76. The van der Waals surface area contributed by atoms with Gasteiger partial charge in [0, 0.05) is 30.4 Å². The van der Waals surface area contributed by atoms with Crippen molar-refractivity contribution in [3.8, 4) is 0 Å². The van der Waals surface area contributed by atoms with Gasteiger partial charge in [0.1, 0.15) is 0 Å². The molecule has 4 heteroatoms. The average Bonchev–Trinajstić information content (AvgIpc) is 2.30. The number of nitrogens with zero attached hydrogens (tertiary/aromatic N) is 2. The number of aliphatic imine (C=N–C) groups is 1. The van der Waals surface area contributed by atoms with E-state index in [-0.39, 0.29) is 0 Å². The number of hydrogen-bond donors (Lipinski definition) is 1. The predicted molar refractivity (Wildman–Crippen MR) is 65.9 cm³/mol. The minimum absolute atomic E-state index is 0.393. The van der Waals surface area contributed by atoms with E-state index in [0.29, 0.717) is 5.92 Å². The molecule has 1 aliphatic heterocycles. The van der Waals surface area contributed by atoms with Gasteiger partial charge in [0.2, 0.25) is 6.41 Å². The molecule has 0 atom stereocenters. The third-order valence-electron chi connectivity index (χ3n) is 2.80. The van der Waals surface area contributed by atoms with Gasteiger partial charge >= 0.3 is 0 Å². The average molecular weight is 221 g/mol. The van der Waals surface area contributed by atoms with E-state index in [1.165, 1.54) is 0 Å². The van der Waals surface area contributed by atoms with Crippen LogP contribution in [0.5, 0.6) is 0 Å². The molecule has 88 valence electrons. The van der Waals surface area contributed by atoms with Crippen molar-refractivity contribution in [3.63, 3.8) is 0 Å². The summed E-state index contributed by atoms with van der Waals surface area (Å²) >= 11 is 0. The number of likely N-dealkylation sites (tertiary alicyclic amines) is 1. The van der Waals surface area contributed by atoms with Gasteiger partial charge in [-0.3, -0.25) is 9.79 Å². The molecule has 16 heavy (non-hydrogen) atoms. The third-order valence-corrected chi connectivity index (χ3v) is 2.80. The first-order valence-corrected chi connectivity index (χ1v) is 5.47. The van der Waals surface area contributed by atoms with E-state index in [2.05, 4.69) is 11.7 Å². The Labute approximate surface area is 96.5 Å². The highest BCUT2D eigenvalue weighted by Crippen LogP contribution is 2.24. The summed E-state index contributed by atoms with van der Waals surface area (Å²) in [5.41, 5.74) is 7.29. The Bertz CT molecular complexity index is 308. The first-order chi connectivity index (χ1) is 7.67. The fourth-order valence-corrected chi connectivity index (χ4v) is 1.84. The first kappa shape index (κ1) is 12.5. The zero-order valence-electron chi connectivity index (χ0n) is 9.72. The molecule has 1 saturated heterocycles. The van der Waals surface area contributed by atoms with Crippen LogP contribution >= 0.6 is 0 Å². The van der Waals surface area contributed by atoms with Crippen LogP contribution in [0, 0.1) is 5.92 Å². The quantitative estimate of drug-likeness (QED) is 0.442.